The van der Waals surface area contributed by atoms with Gasteiger partial charge < -0.3 is 4.74 Å². The summed E-state index contributed by atoms with van der Waals surface area (Å²) in [6, 6.07) is 10.0. The van der Waals surface area contributed by atoms with Crippen molar-refractivity contribution in [2.24, 2.45) is 0 Å². The number of ether oxygens (including phenoxy) is 1. The first-order valence-corrected chi connectivity index (χ1v) is 7.08. The van der Waals surface area contributed by atoms with E-state index in [1.807, 2.05) is 0 Å². The van der Waals surface area contributed by atoms with Crippen molar-refractivity contribution < 1.29 is 18.8 Å². The van der Waals surface area contributed by atoms with Crippen molar-refractivity contribution >= 4 is 27.6 Å². The number of benzene rings is 2. The summed E-state index contributed by atoms with van der Waals surface area (Å²) in [6.45, 7) is -0.0413. The molecule has 5 nitrogen and oxygen atoms in total. The average Bonchev–Trinajstić information content (AvgIpc) is 2.46. The van der Waals surface area contributed by atoms with Crippen LogP contribution in [0.3, 0.4) is 0 Å². The molecular weight excluding hydrogens is 357 g/mol. The SMILES string of the molecule is O=C(Cc1ccccc1[N+](=O)[O-])OCc1ccc(F)cc1Br. The number of hydrogen-bond acceptors (Lipinski definition) is 4. The summed E-state index contributed by atoms with van der Waals surface area (Å²) in [5.74, 6) is -0.993. The Morgan fingerprint density at radius 3 is 2.64 bits per heavy atom. The van der Waals surface area contributed by atoms with Gasteiger partial charge >= 0.3 is 5.97 Å². The van der Waals surface area contributed by atoms with Crippen LogP contribution in [-0.4, -0.2) is 10.9 Å². The largest absolute Gasteiger partial charge is 0.461 e. The van der Waals surface area contributed by atoms with Crippen molar-refractivity contribution in [2.45, 2.75) is 13.0 Å². The van der Waals surface area contributed by atoms with Crippen molar-refractivity contribution in [1.29, 1.82) is 0 Å². The van der Waals surface area contributed by atoms with Gasteiger partial charge in [-0.05, 0) is 12.1 Å². The summed E-state index contributed by atoms with van der Waals surface area (Å²) >= 11 is 3.17. The maximum Gasteiger partial charge on any atom is 0.310 e. The summed E-state index contributed by atoms with van der Waals surface area (Å²) < 4.78 is 18.5. The molecule has 0 N–H and O–H groups in total. The predicted molar refractivity (Wildman–Crippen MR) is 80.7 cm³/mol. The zero-order valence-corrected chi connectivity index (χ0v) is 12.9. The minimum atomic E-state index is -0.592. The van der Waals surface area contributed by atoms with Crippen LogP contribution in [0.5, 0.6) is 0 Å². The summed E-state index contributed by atoms with van der Waals surface area (Å²) in [5, 5.41) is 10.9. The molecule has 0 aliphatic carbocycles. The highest BCUT2D eigenvalue weighted by atomic mass is 79.9. The molecule has 0 amide bonds. The van der Waals surface area contributed by atoms with Crippen LogP contribution in [0.4, 0.5) is 10.1 Å². The number of hydrogen-bond donors (Lipinski definition) is 0. The van der Waals surface area contributed by atoms with E-state index in [1.165, 1.54) is 36.4 Å². The molecule has 0 bridgehead atoms. The molecule has 0 spiro atoms. The van der Waals surface area contributed by atoms with Crippen LogP contribution in [0.15, 0.2) is 46.9 Å². The van der Waals surface area contributed by atoms with E-state index in [4.69, 9.17) is 4.74 Å². The fourth-order valence-electron chi connectivity index (χ4n) is 1.84. The molecule has 0 aliphatic rings. The third-order valence-electron chi connectivity index (χ3n) is 2.93. The number of esters is 1. The van der Waals surface area contributed by atoms with Gasteiger partial charge in [0, 0.05) is 21.7 Å². The van der Waals surface area contributed by atoms with Crippen LogP contribution in [0.1, 0.15) is 11.1 Å². The fraction of sp³-hybridized carbons (Fsp3) is 0.133. The summed E-state index contributed by atoms with van der Waals surface area (Å²) in [4.78, 5) is 22.1. The molecule has 0 aliphatic heterocycles. The Morgan fingerprint density at radius 2 is 1.95 bits per heavy atom. The molecule has 0 heterocycles. The monoisotopic (exact) mass is 367 g/mol. The van der Waals surface area contributed by atoms with Gasteiger partial charge in [0.25, 0.3) is 5.69 Å². The maximum atomic E-state index is 13.0. The minimum Gasteiger partial charge on any atom is -0.461 e. The first kappa shape index (κ1) is 16.1. The number of nitro benzene ring substituents is 1. The first-order chi connectivity index (χ1) is 10.5. The van der Waals surface area contributed by atoms with Crippen molar-refractivity contribution in [3.63, 3.8) is 0 Å². The van der Waals surface area contributed by atoms with Gasteiger partial charge in [0.15, 0.2) is 0 Å². The van der Waals surface area contributed by atoms with Gasteiger partial charge in [-0.3, -0.25) is 14.9 Å². The third kappa shape index (κ3) is 4.11. The molecule has 2 aromatic carbocycles. The lowest BCUT2D eigenvalue weighted by molar-refractivity contribution is -0.385. The minimum absolute atomic E-state index is 0.0413. The third-order valence-corrected chi connectivity index (χ3v) is 3.67. The second-order valence-corrected chi connectivity index (χ2v) is 5.31. The Morgan fingerprint density at radius 1 is 1.23 bits per heavy atom. The van der Waals surface area contributed by atoms with E-state index < -0.39 is 16.7 Å². The van der Waals surface area contributed by atoms with Crippen molar-refractivity contribution in [3.8, 4) is 0 Å². The van der Waals surface area contributed by atoms with Crippen molar-refractivity contribution in [1.82, 2.24) is 0 Å². The van der Waals surface area contributed by atoms with Crippen LogP contribution in [-0.2, 0) is 22.6 Å². The van der Waals surface area contributed by atoms with Gasteiger partial charge in [-0.15, -0.1) is 0 Å². The maximum absolute atomic E-state index is 13.0. The van der Waals surface area contributed by atoms with Crippen LogP contribution in [0.25, 0.3) is 0 Å². The molecule has 114 valence electrons. The number of nitro groups is 1. The molecule has 0 radical (unpaired) electrons. The summed E-state index contributed by atoms with van der Waals surface area (Å²) in [6.07, 6.45) is -0.198. The normalized spacial score (nSPS) is 10.3. The summed E-state index contributed by atoms with van der Waals surface area (Å²) in [7, 11) is 0. The lowest BCUT2D eigenvalue weighted by Crippen LogP contribution is -2.09. The molecule has 22 heavy (non-hydrogen) atoms. The van der Waals surface area contributed by atoms with Crippen LogP contribution in [0, 0.1) is 15.9 Å². The van der Waals surface area contributed by atoms with Gasteiger partial charge in [0.05, 0.1) is 11.3 Å². The Bertz CT molecular complexity index is 720. The standard InChI is InChI=1S/C15H11BrFNO4/c16-13-8-12(17)6-5-11(13)9-22-15(19)7-10-3-1-2-4-14(10)18(20)21/h1-6,8H,7,9H2. The number of halogens is 2. The van der Waals surface area contributed by atoms with Crippen LogP contribution in [0.2, 0.25) is 0 Å². The summed E-state index contributed by atoms with van der Waals surface area (Å²) in [5.41, 5.74) is 0.774. The van der Waals surface area contributed by atoms with Crippen LogP contribution < -0.4 is 0 Å². The Kier molecular flexibility index (Phi) is 5.21. The van der Waals surface area contributed by atoms with E-state index in [-0.39, 0.29) is 24.3 Å². The fourth-order valence-corrected chi connectivity index (χ4v) is 2.31. The quantitative estimate of drug-likeness (QED) is 0.458. The van der Waals surface area contributed by atoms with E-state index in [2.05, 4.69) is 15.9 Å². The van der Waals surface area contributed by atoms with Gasteiger partial charge in [-0.25, -0.2) is 4.39 Å². The first-order valence-electron chi connectivity index (χ1n) is 6.29. The highest BCUT2D eigenvalue weighted by molar-refractivity contribution is 9.10. The van der Waals surface area contributed by atoms with E-state index in [1.54, 1.807) is 6.07 Å². The highest BCUT2D eigenvalue weighted by Crippen LogP contribution is 2.21. The van der Waals surface area contributed by atoms with E-state index in [0.717, 1.165) is 0 Å². The molecule has 0 saturated carbocycles. The smallest absolute Gasteiger partial charge is 0.310 e. The second kappa shape index (κ2) is 7.13. The molecule has 2 rings (SSSR count). The van der Waals surface area contributed by atoms with Gasteiger partial charge in [0.1, 0.15) is 12.4 Å². The molecule has 0 saturated heterocycles. The van der Waals surface area contributed by atoms with Crippen LogP contribution >= 0.6 is 15.9 Å². The zero-order chi connectivity index (χ0) is 16.1. The number of carbonyl (C=O) groups excluding carboxylic acids is 1. The molecule has 0 atom stereocenters. The Hall–Kier alpha value is -2.28. The number of nitrogens with zero attached hydrogens (tertiary/aromatic N) is 1. The van der Waals surface area contributed by atoms with Gasteiger partial charge in [-0.2, -0.15) is 0 Å². The molecule has 0 unspecified atom stereocenters. The molecular formula is C15H11BrFNO4. The van der Waals surface area contributed by atoms with E-state index in [9.17, 15) is 19.3 Å². The topological polar surface area (TPSA) is 69.4 Å². The van der Waals surface area contributed by atoms with Crippen molar-refractivity contribution in [2.75, 3.05) is 0 Å². The van der Waals surface area contributed by atoms with Gasteiger partial charge in [-0.1, -0.05) is 40.2 Å². The highest BCUT2D eigenvalue weighted by Gasteiger charge is 2.16. The number of rotatable bonds is 5. The number of para-hydroxylation sites is 1. The average molecular weight is 368 g/mol. The van der Waals surface area contributed by atoms with E-state index in [0.29, 0.717) is 10.0 Å². The second-order valence-electron chi connectivity index (χ2n) is 4.46. The Balaban J connectivity index is 2.00. The zero-order valence-electron chi connectivity index (χ0n) is 11.3. The molecule has 7 heteroatoms. The Labute approximate surface area is 134 Å². The molecule has 0 aromatic heterocycles. The lowest BCUT2D eigenvalue weighted by atomic mass is 10.1. The lowest BCUT2D eigenvalue weighted by Gasteiger charge is -2.07. The molecule has 2 aromatic rings. The predicted octanol–water partition coefficient (Wildman–Crippen LogP) is 3.78. The van der Waals surface area contributed by atoms with Crippen molar-refractivity contribution in [3.05, 3.63) is 74.0 Å². The van der Waals surface area contributed by atoms with Gasteiger partial charge in [0.2, 0.25) is 0 Å². The number of carbonyl (C=O) groups is 1. The molecule has 0 fully saturated rings. The van der Waals surface area contributed by atoms with E-state index >= 15 is 0 Å².